The first-order valence-corrected chi connectivity index (χ1v) is 9.15. The van der Waals surface area contributed by atoms with E-state index in [0.717, 1.165) is 18.5 Å². The van der Waals surface area contributed by atoms with E-state index < -0.39 is 0 Å². The lowest BCUT2D eigenvalue weighted by Gasteiger charge is -2.49. The van der Waals surface area contributed by atoms with Gasteiger partial charge in [-0.05, 0) is 51.5 Å². The lowest BCUT2D eigenvalue weighted by molar-refractivity contribution is 0.0235. The third-order valence-electron chi connectivity index (χ3n) is 6.23. The van der Waals surface area contributed by atoms with Gasteiger partial charge in [-0.15, -0.1) is 0 Å². The van der Waals surface area contributed by atoms with Crippen LogP contribution < -0.4 is 5.73 Å². The molecule has 0 saturated heterocycles. The first kappa shape index (κ1) is 16.3. The summed E-state index contributed by atoms with van der Waals surface area (Å²) in [6.07, 6.45) is 16.8. The zero-order chi connectivity index (χ0) is 14.4. The molecule has 0 heterocycles. The molecule has 0 aromatic carbocycles. The van der Waals surface area contributed by atoms with Crippen LogP contribution in [0.15, 0.2) is 0 Å². The van der Waals surface area contributed by atoms with Crippen molar-refractivity contribution in [3.8, 4) is 0 Å². The summed E-state index contributed by atoms with van der Waals surface area (Å²) in [5.74, 6) is 0.974. The SMILES string of the molecule is CCCC1CCC(CN)(N(C)C2CCCCCC2)CC1. The van der Waals surface area contributed by atoms with Gasteiger partial charge in [0.15, 0.2) is 0 Å². The van der Waals surface area contributed by atoms with Crippen molar-refractivity contribution in [3.05, 3.63) is 0 Å². The maximum atomic E-state index is 6.26. The van der Waals surface area contributed by atoms with Crippen molar-refractivity contribution < 1.29 is 0 Å². The number of nitrogens with two attached hydrogens (primary N) is 1. The third kappa shape index (κ3) is 3.76. The van der Waals surface area contributed by atoms with Crippen LogP contribution in [0.2, 0.25) is 0 Å². The minimum Gasteiger partial charge on any atom is -0.329 e. The minimum absolute atomic E-state index is 0.319. The highest BCUT2D eigenvalue weighted by molar-refractivity contribution is 4.97. The van der Waals surface area contributed by atoms with Gasteiger partial charge in [0.05, 0.1) is 0 Å². The molecule has 2 N–H and O–H groups in total. The van der Waals surface area contributed by atoms with Crippen molar-refractivity contribution in [1.82, 2.24) is 4.90 Å². The van der Waals surface area contributed by atoms with Gasteiger partial charge in [0.1, 0.15) is 0 Å². The summed E-state index contributed by atoms with van der Waals surface area (Å²) in [5.41, 5.74) is 6.58. The molecule has 0 atom stereocenters. The van der Waals surface area contributed by atoms with E-state index in [-0.39, 0.29) is 0 Å². The quantitative estimate of drug-likeness (QED) is 0.760. The second-order valence-corrected chi connectivity index (χ2v) is 7.42. The highest BCUT2D eigenvalue weighted by Crippen LogP contribution is 2.39. The lowest BCUT2D eigenvalue weighted by Crippen LogP contribution is -2.57. The topological polar surface area (TPSA) is 29.3 Å². The van der Waals surface area contributed by atoms with Crippen LogP contribution in [0.3, 0.4) is 0 Å². The molecule has 2 aliphatic rings. The molecule has 0 spiro atoms. The van der Waals surface area contributed by atoms with E-state index in [2.05, 4.69) is 18.9 Å². The van der Waals surface area contributed by atoms with Crippen LogP contribution in [0.25, 0.3) is 0 Å². The molecule has 0 aromatic heterocycles. The average molecular weight is 280 g/mol. The number of rotatable bonds is 5. The summed E-state index contributed by atoms with van der Waals surface area (Å²) < 4.78 is 0. The van der Waals surface area contributed by atoms with Crippen LogP contribution in [-0.4, -0.2) is 30.1 Å². The number of hydrogen-bond donors (Lipinski definition) is 1. The standard InChI is InChI=1S/C18H36N2/c1-3-8-16-11-13-18(15-19,14-12-16)20(2)17-9-6-4-5-7-10-17/h16-17H,3-15,19H2,1-2H3. The van der Waals surface area contributed by atoms with Gasteiger partial charge in [-0.25, -0.2) is 0 Å². The Bertz CT molecular complexity index is 261. The summed E-state index contributed by atoms with van der Waals surface area (Å²) in [6.45, 7) is 3.18. The predicted octanol–water partition coefficient (Wildman–Crippen LogP) is 4.33. The Balaban J connectivity index is 1.95. The van der Waals surface area contributed by atoms with E-state index >= 15 is 0 Å². The van der Waals surface area contributed by atoms with Crippen molar-refractivity contribution in [2.75, 3.05) is 13.6 Å². The van der Waals surface area contributed by atoms with E-state index in [9.17, 15) is 0 Å². The maximum Gasteiger partial charge on any atom is 0.0331 e. The van der Waals surface area contributed by atoms with Gasteiger partial charge in [0.2, 0.25) is 0 Å². The van der Waals surface area contributed by atoms with Crippen molar-refractivity contribution in [2.45, 2.75) is 95.6 Å². The predicted molar refractivity (Wildman–Crippen MR) is 87.9 cm³/mol. The minimum atomic E-state index is 0.319. The highest BCUT2D eigenvalue weighted by atomic mass is 15.2. The van der Waals surface area contributed by atoms with Crippen LogP contribution in [0.4, 0.5) is 0 Å². The van der Waals surface area contributed by atoms with Crippen LogP contribution >= 0.6 is 0 Å². The lowest BCUT2D eigenvalue weighted by atomic mass is 9.73. The molecule has 0 radical (unpaired) electrons. The molecule has 0 amide bonds. The molecule has 2 saturated carbocycles. The molecule has 2 fully saturated rings. The monoisotopic (exact) mass is 280 g/mol. The van der Waals surface area contributed by atoms with Crippen molar-refractivity contribution in [1.29, 1.82) is 0 Å². The van der Waals surface area contributed by atoms with Gasteiger partial charge in [-0.2, -0.15) is 0 Å². The zero-order valence-corrected chi connectivity index (χ0v) is 13.9. The van der Waals surface area contributed by atoms with E-state index in [1.54, 1.807) is 0 Å². The fraction of sp³-hybridized carbons (Fsp3) is 1.00. The highest BCUT2D eigenvalue weighted by Gasteiger charge is 2.39. The molecular weight excluding hydrogens is 244 g/mol. The first-order valence-electron chi connectivity index (χ1n) is 9.15. The van der Waals surface area contributed by atoms with Gasteiger partial charge < -0.3 is 5.73 Å². The van der Waals surface area contributed by atoms with E-state index in [1.165, 1.54) is 77.0 Å². The van der Waals surface area contributed by atoms with Gasteiger partial charge >= 0.3 is 0 Å². The third-order valence-corrected chi connectivity index (χ3v) is 6.23. The average Bonchev–Trinajstić information content (AvgIpc) is 2.77. The van der Waals surface area contributed by atoms with Crippen molar-refractivity contribution in [2.24, 2.45) is 11.7 Å². The van der Waals surface area contributed by atoms with Gasteiger partial charge in [0.25, 0.3) is 0 Å². The molecule has 0 unspecified atom stereocenters. The Morgan fingerprint density at radius 2 is 1.60 bits per heavy atom. The first-order chi connectivity index (χ1) is 9.72. The van der Waals surface area contributed by atoms with E-state index in [4.69, 9.17) is 5.73 Å². The van der Waals surface area contributed by atoms with Gasteiger partial charge in [0, 0.05) is 18.1 Å². The molecule has 20 heavy (non-hydrogen) atoms. The molecule has 0 bridgehead atoms. The number of likely N-dealkylation sites (N-methyl/N-ethyl adjacent to an activating group) is 1. The summed E-state index contributed by atoms with van der Waals surface area (Å²) in [6, 6.07) is 0.795. The second-order valence-electron chi connectivity index (χ2n) is 7.42. The Labute approximate surface area is 126 Å². The zero-order valence-electron chi connectivity index (χ0n) is 13.9. The summed E-state index contributed by atoms with van der Waals surface area (Å²) in [5, 5.41) is 0. The molecular formula is C18H36N2. The molecule has 2 rings (SSSR count). The number of nitrogens with zero attached hydrogens (tertiary/aromatic N) is 1. The smallest absolute Gasteiger partial charge is 0.0331 e. The summed E-state index contributed by atoms with van der Waals surface area (Å²) >= 11 is 0. The normalized spacial score (nSPS) is 33.3. The van der Waals surface area contributed by atoms with Crippen LogP contribution in [0.5, 0.6) is 0 Å². The molecule has 2 nitrogen and oxygen atoms in total. The molecule has 0 aromatic rings. The summed E-state index contributed by atoms with van der Waals surface area (Å²) in [7, 11) is 2.38. The Kier molecular flexibility index (Phi) is 6.35. The fourth-order valence-corrected chi connectivity index (χ4v) is 4.65. The second kappa shape index (κ2) is 7.79. The molecule has 2 heteroatoms. The fourth-order valence-electron chi connectivity index (χ4n) is 4.65. The van der Waals surface area contributed by atoms with Gasteiger partial charge in [-0.1, -0.05) is 45.4 Å². The Morgan fingerprint density at radius 1 is 1.00 bits per heavy atom. The number of hydrogen-bond acceptors (Lipinski definition) is 2. The van der Waals surface area contributed by atoms with Crippen LogP contribution in [-0.2, 0) is 0 Å². The largest absolute Gasteiger partial charge is 0.329 e. The Hall–Kier alpha value is -0.0800. The van der Waals surface area contributed by atoms with Crippen molar-refractivity contribution in [3.63, 3.8) is 0 Å². The van der Waals surface area contributed by atoms with Crippen LogP contribution in [0.1, 0.15) is 84.0 Å². The molecule has 118 valence electrons. The van der Waals surface area contributed by atoms with Gasteiger partial charge in [-0.3, -0.25) is 4.90 Å². The Morgan fingerprint density at radius 3 is 2.10 bits per heavy atom. The molecule has 2 aliphatic carbocycles. The summed E-state index contributed by atoms with van der Waals surface area (Å²) in [4.78, 5) is 2.72. The van der Waals surface area contributed by atoms with E-state index in [0.29, 0.717) is 5.54 Å². The van der Waals surface area contributed by atoms with E-state index in [1.807, 2.05) is 0 Å². The van der Waals surface area contributed by atoms with Crippen molar-refractivity contribution >= 4 is 0 Å². The maximum absolute atomic E-state index is 6.26. The van der Waals surface area contributed by atoms with Crippen LogP contribution in [0, 0.1) is 5.92 Å². The molecule has 0 aliphatic heterocycles.